The Labute approximate surface area is 170 Å². The average molecular weight is 391 g/mol. The number of aromatic nitrogens is 1. The number of amides is 1. The highest BCUT2D eigenvalue weighted by Crippen LogP contribution is 2.21. The summed E-state index contributed by atoms with van der Waals surface area (Å²) >= 11 is 0. The molecular weight excluding hydrogens is 366 g/mol. The van der Waals surface area contributed by atoms with Gasteiger partial charge in [0.25, 0.3) is 5.91 Å². The van der Waals surface area contributed by atoms with Gasteiger partial charge in [0.1, 0.15) is 17.3 Å². The number of rotatable bonds is 8. The third-order valence-electron chi connectivity index (χ3n) is 4.15. The van der Waals surface area contributed by atoms with Crippen molar-refractivity contribution in [1.29, 1.82) is 0 Å². The van der Waals surface area contributed by atoms with Gasteiger partial charge in [-0.05, 0) is 56.3 Å². The molecule has 0 saturated heterocycles. The van der Waals surface area contributed by atoms with Gasteiger partial charge in [0.05, 0.1) is 13.2 Å². The Morgan fingerprint density at radius 1 is 1.07 bits per heavy atom. The lowest BCUT2D eigenvalue weighted by Crippen LogP contribution is -2.23. The molecule has 6 heteroatoms. The van der Waals surface area contributed by atoms with Crippen molar-refractivity contribution in [2.75, 3.05) is 12.4 Å². The predicted octanol–water partition coefficient (Wildman–Crippen LogP) is 4.55. The zero-order valence-corrected chi connectivity index (χ0v) is 16.8. The van der Waals surface area contributed by atoms with Crippen LogP contribution in [0, 0.1) is 0 Å². The van der Waals surface area contributed by atoms with Gasteiger partial charge >= 0.3 is 0 Å². The molecule has 1 amide bonds. The number of para-hydroxylation sites is 1. The fraction of sp³-hybridized carbons (Fsp3) is 0.217. The van der Waals surface area contributed by atoms with Crippen LogP contribution in [0.1, 0.15) is 29.8 Å². The molecule has 0 aliphatic carbocycles. The summed E-state index contributed by atoms with van der Waals surface area (Å²) in [5.41, 5.74) is 2.30. The SMILES string of the molecule is COc1ccccc1CNC(=O)c1ccnc(Nc2ccc(OC(C)C)cc2)c1. The van der Waals surface area contributed by atoms with Crippen molar-refractivity contribution >= 4 is 17.4 Å². The second-order valence-corrected chi connectivity index (χ2v) is 6.74. The molecular formula is C23H25N3O3. The number of benzene rings is 2. The van der Waals surface area contributed by atoms with Crippen LogP contribution in [0.3, 0.4) is 0 Å². The molecule has 0 atom stereocenters. The Bertz CT molecular complexity index is 956. The Morgan fingerprint density at radius 3 is 2.55 bits per heavy atom. The zero-order chi connectivity index (χ0) is 20.6. The molecule has 2 aromatic carbocycles. The number of carbonyl (C=O) groups excluding carboxylic acids is 1. The van der Waals surface area contributed by atoms with E-state index >= 15 is 0 Å². The maximum absolute atomic E-state index is 12.5. The molecule has 0 spiro atoms. The van der Waals surface area contributed by atoms with Gasteiger partial charge in [-0.15, -0.1) is 0 Å². The third-order valence-corrected chi connectivity index (χ3v) is 4.15. The highest BCUT2D eigenvalue weighted by Gasteiger charge is 2.09. The summed E-state index contributed by atoms with van der Waals surface area (Å²) < 4.78 is 11.0. The smallest absolute Gasteiger partial charge is 0.251 e. The van der Waals surface area contributed by atoms with E-state index in [9.17, 15) is 4.79 Å². The van der Waals surface area contributed by atoms with Gasteiger partial charge in [-0.3, -0.25) is 4.79 Å². The number of nitrogens with zero attached hydrogens (tertiary/aromatic N) is 1. The highest BCUT2D eigenvalue weighted by molar-refractivity contribution is 5.94. The van der Waals surface area contributed by atoms with E-state index in [4.69, 9.17) is 9.47 Å². The number of ether oxygens (including phenoxy) is 2. The minimum absolute atomic E-state index is 0.126. The number of hydrogen-bond acceptors (Lipinski definition) is 5. The van der Waals surface area contributed by atoms with Gasteiger partial charge in [-0.25, -0.2) is 4.98 Å². The molecule has 0 unspecified atom stereocenters. The number of carbonyl (C=O) groups is 1. The second kappa shape index (κ2) is 9.59. The molecule has 3 aromatic rings. The molecule has 0 aliphatic heterocycles. The fourth-order valence-corrected chi connectivity index (χ4v) is 2.80. The number of anilines is 2. The lowest BCUT2D eigenvalue weighted by molar-refractivity contribution is 0.0950. The molecule has 1 heterocycles. The van der Waals surface area contributed by atoms with E-state index in [2.05, 4.69) is 15.6 Å². The molecule has 2 N–H and O–H groups in total. The van der Waals surface area contributed by atoms with E-state index in [-0.39, 0.29) is 12.0 Å². The van der Waals surface area contributed by atoms with Gasteiger partial charge in [-0.2, -0.15) is 0 Å². The van der Waals surface area contributed by atoms with Crippen molar-refractivity contribution in [3.8, 4) is 11.5 Å². The first kappa shape index (κ1) is 20.2. The summed E-state index contributed by atoms with van der Waals surface area (Å²) in [4.78, 5) is 16.8. The maximum Gasteiger partial charge on any atom is 0.251 e. The molecule has 0 saturated carbocycles. The van der Waals surface area contributed by atoms with E-state index in [0.717, 1.165) is 22.7 Å². The van der Waals surface area contributed by atoms with Crippen LogP contribution >= 0.6 is 0 Å². The van der Waals surface area contributed by atoms with Crippen LogP contribution in [0.4, 0.5) is 11.5 Å². The van der Waals surface area contributed by atoms with Crippen LogP contribution in [-0.4, -0.2) is 24.1 Å². The van der Waals surface area contributed by atoms with E-state index in [1.54, 1.807) is 25.4 Å². The summed E-state index contributed by atoms with van der Waals surface area (Å²) in [6.45, 7) is 4.35. The van der Waals surface area contributed by atoms with E-state index in [1.807, 2.05) is 62.4 Å². The molecule has 0 aliphatic rings. The van der Waals surface area contributed by atoms with Gasteiger partial charge in [0.15, 0.2) is 0 Å². The van der Waals surface area contributed by atoms with Crippen LogP contribution in [0.2, 0.25) is 0 Å². The number of hydrogen-bond donors (Lipinski definition) is 2. The minimum Gasteiger partial charge on any atom is -0.496 e. The van der Waals surface area contributed by atoms with Gasteiger partial charge < -0.3 is 20.1 Å². The molecule has 0 bridgehead atoms. The number of methoxy groups -OCH3 is 1. The standard InChI is InChI=1S/C23H25N3O3/c1-16(2)29-20-10-8-19(9-11-20)26-22-14-17(12-13-24-22)23(27)25-15-18-6-4-5-7-21(18)28-3/h4-14,16H,15H2,1-3H3,(H,24,26)(H,25,27). The van der Waals surface area contributed by atoms with Gasteiger partial charge in [0, 0.05) is 29.6 Å². The summed E-state index contributed by atoms with van der Waals surface area (Å²) in [6.07, 6.45) is 1.73. The second-order valence-electron chi connectivity index (χ2n) is 6.74. The Morgan fingerprint density at radius 2 is 1.83 bits per heavy atom. The topological polar surface area (TPSA) is 72.5 Å². The first-order valence-electron chi connectivity index (χ1n) is 9.45. The van der Waals surface area contributed by atoms with Crippen LogP contribution < -0.4 is 20.1 Å². The van der Waals surface area contributed by atoms with Crippen LogP contribution in [0.15, 0.2) is 66.9 Å². The summed E-state index contributed by atoms with van der Waals surface area (Å²) in [5.74, 6) is 1.97. The van der Waals surface area contributed by atoms with E-state index in [1.165, 1.54) is 0 Å². The molecule has 6 nitrogen and oxygen atoms in total. The van der Waals surface area contributed by atoms with Crippen LogP contribution in [0.5, 0.6) is 11.5 Å². The largest absolute Gasteiger partial charge is 0.496 e. The first-order chi connectivity index (χ1) is 14.0. The minimum atomic E-state index is -0.179. The zero-order valence-electron chi connectivity index (χ0n) is 16.8. The molecule has 3 rings (SSSR count). The monoisotopic (exact) mass is 391 g/mol. The number of nitrogens with one attached hydrogen (secondary N) is 2. The van der Waals surface area contributed by atoms with Crippen LogP contribution in [-0.2, 0) is 6.54 Å². The third kappa shape index (κ3) is 5.72. The van der Waals surface area contributed by atoms with Crippen molar-refractivity contribution in [2.45, 2.75) is 26.5 Å². The normalized spacial score (nSPS) is 10.5. The average Bonchev–Trinajstić information content (AvgIpc) is 2.73. The predicted molar refractivity (Wildman–Crippen MR) is 114 cm³/mol. The summed E-state index contributed by atoms with van der Waals surface area (Å²) in [6, 6.07) is 18.6. The van der Waals surface area contributed by atoms with Crippen molar-refractivity contribution in [1.82, 2.24) is 10.3 Å². The van der Waals surface area contributed by atoms with E-state index < -0.39 is 0 Å². The maximum atomic E-state index is 12.5. The van der Waals surface area contributed by atoms with Crippen molar-refractivity contribution in [3.05, 3.63) is 78.0 Å². The quantitative estimate of drug-likeness (QED) is 0.589. The summed E-state index contributed by atoms with van der Waals surface area (Å²) in [5, 5.41) is 6.12. The Kier molecular flexibility index (Phi) is 6.68. The molecule has 0 fully saturated rings. The summed E-state index contributed by atoms with van der Waals surface area (Å²) in [7, 11) is 1.61. The van der Waals surface area contributed by atoms with Crippen molar-refractivity contribution < 1.29 is 14.3 Å². The van der Waals surface area contributed by atoms with Gasteiger partial charge in [0.2, 0.25) is 0 Å². The number of pyridine rings is 1. The lowest BCUT2D eigenvalue weighted by Gasteiger charge is -2.12. The van der Waals surface area contributed by atoms with Crippen molar-refractivity contribution in [3.63, 3.8) is 0 Å². The Balaban J connectivity index is 1.63. The Hall–Kier alpha value is -3.54. The molecule has 1 aromatic heterocycles. The highest BCUT2D eigenvalue weighted by atomic mass is 16.5. The molecule has 0 radical (unpaired) electrons. The van der Waals surface area contributed by atoms with Crippen molar-refractivity contribution in [2.24, 2.45) is 0 Å². The van der Waals surface area contributed by atoms with Gasteiger partial charge in [-0.1, -0.05) is 18.2 Å². The van der Waals surface area contributed by atoms with Crippen LogP contribution in [0.25, 0.3) is 0 Å². The molecule has 29 heavy (non-hydrogen) atoms. The lowest BCUT2D eigenvalue weighted by atomic mass is 10.2. The fourth-order valence-electron chi connectivity index (χ4n) is 2.80. The first-order valence-corrected chi connectivity index (χ1v) is 9.45. The van der Waals surface area contributed by atoms with E-state index in [0.29, 0.717) is 17.9 Å². The molecule has 150 valence electrons.